The van der Waals surface area contributed by atoms with Gasteiger partial charge in [-0.2, -0.15) is 0 Å². The minimum absolute atomic E-state index is 0.000944. The van der Waals surface area contributed by atoms with Gasteiger partial charge < -0.3 is 5.32 Å². The van der Waals surface area contributed by atoms with Crippen molar-refractivity contribution in [2.75, 3.05) is 6.54 Å². The highest BCUT2D eigenvalue weighted by Crippen LogP contribution is 2.39. The van der Waals surface area contributed by atoms with E-state index >= 15 is 0 Å². The number of alkyl halides is 1. The molecule has 1 saturated carbocycles. The summed E-state index contributed by atoms with van der Waals surface area (Å²) >= 11 is 6.54. The molecule has 3 nitrogen and oxygen atoms in total. The summed E-state index contributed by atoms with van der Waals surface area (Å²) in [5.41, 5.74) is 5.60. The maximum Gasteiger partial charge on any atom is 0.228 e. The molecule has 2 unspecified atom stereocenters. The Morgan fingerprint density at radius 2 is 1.84 bits per heavy atom. The van der Waals surface area contributed by atoms with Crippen LogP contribution in [0, 0.1) is 19.8 Å². The summed E-state index contributed by atoms with van der Waals surface area (Å²) in [5, 5.41) is 2.93. The van der Waals surface area contributed by atoms with Crippen molar-refractivity contribution >= 4 is 23.1 Å². The van der Waals surface area contributed by atoms with Crippen molar-refractivity contribution in [3.8, 4) is 0 Å². The molecular weight excluding hydrogens is 404 g/mol. The Hall–Kier alpha value is -2.39. The standard InChI is InChI=1S/C27H31ClN2O/c1-19-6-11-23(12-7-19)27(14-4-3-5-15-27)18-30-26(31)24-16-21(10-13-25(24)28)22-9-8-20(2)29-17-22/h6-13,16-17,24-25H,3-5,14-15,18H2,1-2H3,(H,30,31). The van der Waals surface area contributed by atoms with E-state index in [2.05, 4.69) is 41.5 Å². The highest BCUT2D eigenvalue weighted by molar-refractivity contribution is 6.24. The molecule has 0 spiro atoms. The molecule has 162 valence electrons. The van der Waals surface area contributed by atoms with Crippen LogP contribution in [0.5, 0.6) is 0 Å². The average Bonchev–Trinajstić information content (AvgIpc) is 2.79. The van der Waals surface area contributed by atoms with Gasteiger partial charge in [0.05, 0.1) is 11.3 Å². The summed E-state index contributed by atoms with van der Waals surface area (Å²) in [6.07, 6.45) is 13.7. The van der Waals surface area contributed by atoms with E-state index in [1.54, 1.807) is 0 Å². The van der Waals surface area contributed by atoms with Crippen molar-refractivity contribution in [2.45, 2.75) is 56.7 Å². The maximum atomic E-state index is 13.2. The van der Waals surface area contributed by atoms with E-state index in [1.165, 1.54) is 30.4 Å². The van der Waals surface area contributed by atoms with Crippen LogP contribution in [0.25, 0.3) is 5.57 Å². The average molecular weight is 435 g/mol. The molecule has 1 aromatic carbocycles. The van der Waals surface area contributed by atoms with Crippen LogP contribution in [0.4, 0.5) is 0 Å². The van der Waals surface area contributed by atoms with Crippen molar-refractivity contribution in [2.24, 2.45) is 5.92 Å². The molecule has 0 bridgehead atoms. The van der Waals surface area contributed by atoms with Crippen LogP contribution in [0.2, 0.25) is 0 Å². The Morgan fingerprint density at radius 1 is 1.10 bits per heavy atom. The van der Waals surface area contributed by atoms with Crippen LogP contribution < -0.4 is 5.32 Å². The Balaban J connectivity index is 1.51. The second-order valence-electron chi connectivity index (χ2n) is 9.06. The normalized spacial score (nSPS) is 22.6. The van der Waals surface area contributed by atoms with E-state index in [4.69, 9.17) is 11.6 Å². The smallest absolute Gasteiger partial charge is 0.228 e. The molecule has 0 radical (unpaired) electrons. The van der Waals surface area contributed by atoms with E-state index in [9.17, 15) is 4.79 Å². The molecule has 0 saturated heterocycles. The molecular formula is C27H31ClN2O. The molecule has 1 N–H and O–H groups in total. The zero-order valence-electron chi connectivity index (χ0n) is 18.4. The number of carbonyl (C=O) groups excluding carboxylic acids is 1. The fourth-order valence-electron chi connectivity index (χ4n) is 4.78. The summed E-state index contributed by atoms with van der Waals surface area (Å²) in [7, 11) is 0. The van der Waals surface area contributed by atoms with Gasteiger partial charge in [-0.05, 0) is 49.5 Å². The number of carbonyl (C=O) groups is 1. The van der Waals surface area contributed by atoms with Gasteiger partial charge in [0, 0.05) is 23.9 Å². The number of hydrogen-bond donors (Lipinski definition) is 1. The summed E-state index contributed by atoms with van der Waals surface area (Å²) in [6, 6.07) is 12.9. The molecule has 2 atom stereocenters. The monoisotopic (exact) mass is 434 g/mol. The number of benzene rings is 1. The highest BCUT2D eigenvalue weighted by atomic mass is 35.5. The first-order chi connectivity index (χ1) is 15.0. The zero-order chi connectivity index (χ0) is 21.8. The zero-order valence-corrected chi connectivity index (χ0v) is 19.2. The first kappa shape index (κ1) is 21.8. The van der Waals surface area contributed by atoms with Crippen LogP contribution in [-0.4, -0.2) is 22.8 Å². The Kier molecular flexibility index (Phi) is 6.62. The number of pyridine rings is 1. The lowest BCUT2D eigenvalue weighted by atomic mass is 9.69. The van der Waals surface area contributed by atoms with Gasteiger partial charge >= 0.3 is 0 Å². The minimum atomic E-state index is -0.387. The van der Waals surface area contributed by atoms with Gasteiger partial charge in [0.15, 0.2) is 0 Å². The SMILES string of the molecule is Cc1ccc(C2(CNC(=O)C3C=C(c4ccc(C)nc4)C=CC3Cl)CCCCC2)cc1. The second kappa shape index (κ2) is 9.40. The van der Waals surface area contributed by atoms with Crippen LogP contribution in [0.15, 0.2) is 60.8 Å². The first-order valence-corrected chi connectivity index (χ1v) is 11.7. The lowest BCUT2D eigenvalue weighted by Crippen LogP contribution is -2.45. The number of aryl methyl sites for hydroxylation is 2. The van der Waals surface area contributed by atoms with Crippen LogP contribution >= 0.6 is 11.6 Å². The number of allylic oxidation sites excluding steroid dienone is 3. The van der Waals surface area contributed by atoms with Crippen LogP contribution in [0.1, 0.15) is 54.5 Å². The van der Waals surface area contributed by atoms with Gasteiger partial charge in [-0.3, -0.25) is 9.78 Å². The van der Waals surface area contributed by atoms with Crippen molar-refractivity contribution in [3.05, 3.63) is 83.2 Å². The molecule has 4 heteroatoms. The fraction of sp³-hybridized carbons (Fsp3) is 0.407. The summed E-state index contributed by atoms with van der Waals surface area (Å²) in [6.45, 7) is 4.74. The number of halogens is 1. The van der Waals surface area contributed by atoms with Crippen LogP contribution in [0.3, 0.4) is 0 Å². The molecule has 1 heterocycles. The molecule has 31 heavy (non-hydrogen) atoms. The van der Waals surface area contributed by atoms with E-state index in [0.29, 0.717) is 6.54 Å². The van der Waals surface area contributed by atoms with E-state index < -0.39 is 0 Å². The molecule has 2 aliphatic rings. The molecule has 2 aliphatic carbocycles. The molecule has 0 aliphatic heterocycles. The van der Waals surface area contributed by atoms with E-state index in [-0.39, 0.29) is 22.6 Å². The molecule has 2 aromatic rings. The minimum Gasteiger partial charge on any atom is -0.355 e. The van der Waals surface area contributed by atoms with Crippen LogP contribution in [-0.2, 0) is 10.2 Å². The number of amides is 1. The number of nitrogens with one attached hydrogen (secondary N) is 1. The molecule has 4 rings (SSSR count). The van der Waals surface area contributed by atoms with E-state index in [1.807, 2.05) is 43.5 Å². The predicted molar refractivity (Wildman–Crippen MR) is 128 cm³/mol. The topological polar surface area (TPSA) is 42.0 Å². The first-order valence-electron chi connectivity index (χ1n) is 11.3. The van der Waals surface area contributed by atoms with Gasteiger partial charge in [-0.25, -0.2) is 0 Å². The van der Waals surface area contributed by atoms with Gasteiger partial charge in [0.1, 0.15) is 0 Å². The third-order valence-corrected chi connectivity index (χ3v) is 7.20. The number of rotatable bonds is 5. The Bertz CT molecular complexity index is 969. The summed E-state index contributed by atoms with van der Waals surface area (Å²) in [4.78, 5) is 17.6. The van der Waals surface area contributed by atoms with Crippen molar-refractivity contribution < 1.29 is 4.79 Å². The van der Waals surface area contributed by atoms with Crippen molar-refractivity contribution in [3.63, 3.8) is 0 Å². The quantitative estimate of drug-likeness (QED) is 0.596. The molecule has 1 fully saturated rings. The van der Waals surface area contributed by atoms with Crippen molar-refractivity contribution in [1.29, 1.82) is 0 Å². The highest BCUT2D eigenvalue weighted by Gasteiger charge is 2.35. The Morgan fingerprint density at radius 3 is 2.52 bits per heavy atom. The van der Waals surface area contributed by atoms with E-state index in [0.717, 1.165) is 29.7 Å². The Labute approximate surface area is 190 Å². The van der Waals surface area contributed by atoms with Gasteiger partial charge in [0.2, 0.25) is 5.91 Å². The molecule has 1 aromatic heterocycles. The second-order valence-corrected chi connectivity index (χ2v) is 9.57. The fourth-order valence-corrected chi connectivity index (χ4v) is 5.04. The number of nitrogens with zero attached hydrogens (tertiary/aromatic N) is 1. The lowest BCUT2D eigenvalue weighted by molar-refractivity contribution is -0.123. The number of hydrogen-bond acceptors (Lipinski definition) is 2. The van der Waals surface area contributed by atoms with Crippen molar-refractivity contribution in [1.82, 2.24) is 10.3 Å². The predicted octanol–water partition coefficient (Wildman–Crippen LogP) is 5.89. The largest absolute Gasteiger partial charge is 0.355 e. The summed E-state index contributed by atoms with van der Waals surface area (Å²) in [5.74, 6) is -0.388. The maximum absolute atomic E-state index is 13.2. The number of aromatic nitrogens is 1. The summed E-state index contributed by atoms with van der Waals surface area (Å²) < 4.78 is 0. The third kappa shape index (κ3) is 4.93. The third-order valence-electron chi connectivity index (χ3n) is 6.78. The van der Waals surface area contributed by atoms with Gasteiger partial charge in [-0.1, -0.05) is 73.4 Å². The lowest BCUT2D eigenvalue weighted by Gasteiger charge is -2.38. The molecule has 1 amide bonds. The van der Waals surface area contributed by atoms with Gasteiger partial charge in [-0.15, -0.1) is 11.6 Å². The van der Waals surface area contributed by atoms with Gasteiger partial charge in [0.25, 0.3) is 0 Å².